The van der Waals surface area contributed by atoms with Crippen molar-refractivity contribution in [3.05, 3.63) is 29.3 Å². The molecule has 1 fully saturated rings. The van der Waals surface area contributed by atoms with Crippen LogP contribution in [0.15, 0.2) is 18.2 Å². The molecule has 1 atom stereocenters. The normalized spacial score (nSPS) is 17.4. The molecule has 1 aromatic rings. The minimum atomic E-state index is -0.0370. The Bertz CT molecular complexity index is 460. The van der Waals surface area contributed by atoms with Gasteiger partial charge in [0.2, 0.25) is 5.91 Å². The van der Waals surface area contributed by atoms with Crippen LogP contribution in [0.3, 0.4) is 0 Å². The molecule has 1 amide bonds. The first-order chi connectivity index (χ1) is 9.11. The predicted octanol–water partition coefficient (Wildman–Crippen LogP) is 1.07. The van der Waals surface area contributed by atoms with Crippen molar-refractivity contribution in [2.24, 2.45) is 5.73 Å². The molecule has 0 bridgehead atoms. The van der Waals surface area contributed by atoms with Gasteiger partial charge in [0, 0.05) is 24.7 Å². The van der Waals surface area contributed by atoms with E-state index in [1.54, 1.807) is 12.0 Å². The van der Waals surface area contributed by atoms with Gasteiger partial charge in [0.05, 0.1) is 13.7 Å². The van der Waals surface area contributed by atoms with Crippen LogP contribution in [-0.2, 0) is 16.1 Å². The molecule has 0 aromatic heterocycles. The van der Waals surface area contributed by atoms with Gasteiger partial charge in [-0.2, -0.15) is 0 Å². The molecule has 0 radical (unpaired) electrons. The first-order valence-corrected chi connectivity index (χ1v) is 6.39. The van der Waals surface area contributed by atoms with Crippen molar-refractivity contribution in [2.45, 2.75) is 19.5 Å². The lowest BCUT2D eigenvalue weighted by Gasteiger charge is -2.27. The summed E-state index contributed by atoms with van der Waals surface area (Å²) >= 11 is 0. The van der Waals surface area contributed by atoms with Gasteiger partial charge in [0.1, 0.15) is 12.4 Å². The predicted molar refractivity (Wildman–Crippen MR) is 71.8 cm³/mol. The molecule has 2 rings (SSSR count). The Balaban J connectivity index is 2.21. The number of benzene rings is 1. The molecule has 0 aliphatic carbocycles. The van der Waals surface area contributed by atoms with Crippen molar-refractivity contribution in [1.82, 2.24) is 4.90 Å². The highest BCUT2D eigenvalue weighted by molar-refractivity contribution is 5.78. The Morgan fingerprint density at radius 1 is 1.53 bits per heavy atom. The highest BCUT2D eigenvalue weighted by Gasteiger charge is 2.20. The molecular formula is C14H20N2O3. The number of carbonyl (C=O) groups excluding carboxylic acids is 1. The fourth-order valence-electron chi connectivity index (χ4n) is 2.13. The maximum atomic E-state index is 11.8. The highest BCUT2D eigenvalue weighted by Crippen LogP contribution is 2.24. The van der Waals surface area contributed by atoms with Crippen LogP contribution >= 0.6 is 0 Å². The maximum Gasteiger partial charge on any atom is 0.248 e. The largest absolute Gasteiger partial charge is 0.496 e. The fourth-order valence-corrected chi connectivity index (χ4v) is 2.13. The lowest BCUT2D eigenvalue weighted by Crippen LogP contribution is -2.41. The number of carbonyl (C=O) groups is 1. The molecular weight excluding hydrogens is 244 g/mol. The van der Waals surface area contributed by atoms with E-state index in [1.165, 1.54) is 0 Å². The summed E-state index contributed by atoms with van der Waals surface area (Å²) in [5.41, 5.74) is 7.91. The Hall–Kier alpha value is -1.59. The number of hydrogen-bond acceptors (Lipinski definition) is 4. The molecule has 1 unspecified atom stereocenters. The van der Waals surface area contributed by atoms with E-state index in [2.05, 4.69) is 0 Å². The van der Waals surface area contributed by atoms with Crippen molar-refractivity contribution >= 4 is 5.91 Å². The van der Waals surface area contributed by atoms with E-state index in [1.807, 2.05) is 25.1 Å². The quantitative estimate of drug-likeness (QED) is 0.883. The first-order valence-electron chi connectivity index (χ1n) is 6.39. The summed E-state index contributed by atoms with van der Waals surface area (Å²) < 4.78 is 10.5. The van der Waals surface area contributed by atoms with Gasteiger partial charge >= 0.3 is 0 Å². The lowest BCUT2D eigenvalue weighted by molar-refractivity contribution is -0.143. The first kappa shape index (κ1) is 13.8. The second kappa shape index (κ2) is 6.04. The molecule has 1 heterocycles. The van der Waals surface area contributed by atoms with Crippen LogP contribution in [0.1, 0.15) is 24.1 Å². The number of rotatable bonds is 4. The molecule has 0 spiro atoms. The number of morpholine rings is 1. The van der Waals surface area contributed by atoms with Gasteiger partial charge in [0.15, 0.2) is 0 Å². The molecule has 1 saturated heterocycles. The van der Waals surface area contributed by atoms with Gasteiger partial charge < -0.3 is 20.1 Å². The third-order valence-electron chi connectivity index (χ3n) is 3.28. The molecule has 2 N–H and O–H groups in total. The molecule has 5 nitrogen and oxygen atoms in total. The summed E-state index contributed by atoms with van der Waals surface area (Å²) in [6.45, 7) is 3.83. The average molecular weight is 264 g/mol. The standard InChI is InChI=1S/C14H20N2O3/c1-10(15)11-3-4-13(18-2)12(7-11)8-16-5-6-19-9-14(16)17/h3-4,7,10H,5-6,8-9,15H2,1-2H3. The molecule has 19 heavy (non-hydrogen) atoms. The number of amides is 1. The van der Waals surface area contributed by atoms with Crippen LogP contribution in [0.25, 0.3) is 0 Å². The molecule has 1 aliphatic rings. The van der Waals surface area contributed by atoms with Crippen molar-refractivity contribution in [2.75, 3.05) is 26.9 Å². The number of methoxy groups -OCH3 is 1. The highest BCUT2D eigenvalue weighted by atomic mass is 16.5. The van der Waals surface area contributed by atoms with Crippen molar-refractivity contribution in [3.8, 4) is 5.75 Å². The zero-order chi connectivity index (χ0) is 13.8. The molecule has 5 heteroatoms. The third-order valence-corrected chi connectivity index (χ3v) is 3.28. The molecule has 0 saturated carbocycles. The number of hydrogen-bond donors (Lipinski definition) is 1. The Morgan fingerprint density at radius 3 is 2.95 bits per heavy atom. The topological polar surface area (TPSA) is 64.8 Å². The van der Waals surface area contributed by atoms with Crippen LogP contribution in [0.5, 0.6) is 5.75 Å². The Morgan fingerprint density at radius 2 is 2.32 bits per heavy atom. The summed E-state index contributed by atoms with van der Waals surface area (Å²) in [5.74, 6) is 0.795. The minimum Gasteiger partial charge on any atom is -0.496 e. The van der Waals surface area contributed by atoms with Crippen molar-refractivity contribution in [1.29, 1.82) is 0 Å². The summed E-state index contributed by atoms with van der Waals surface area (Å²) in [6.07, 6.45) is 0. The number of nitrogens with two attached hydrogens (primary N) is 1. The monoisotopic (exact) mass is 264 g/mol. The van der Waals surface area contributed by atoms with Gasteiger partial charge in [-0.15, -0.1) is 0 Å². The van der Waals surface area contributed by atoms with E-state index < -0.39 is 0 Å². The summed E-state index contributed by atoms with van der Waals surface area (Å²) in [5, 5.41) is 0. The van der Waals surface area contributed by atoms with E-state index in [0.717, 1.165) is 16.9 Å². The second-order valence-electron chi connectivity index (χ2n) is 4.73. The summed E-state index contributed by atoms with van der Waals surface area (Å²) in [7, 11) is 1.63. The molecule has 1 aliphatic heterocycles. The zero-order valence-electron chi connectivity index (χ0n) is 11.4. The maximum absolute atomic E-state index is 11.8. The average Bonchev–Trinajstić information content (AvgIpc) is 2.41. The second-order valence-corrected chi connectivity index (χ2v) is 4.73. The smallest absolute Gasteiger partial charge is 0.248 e. The van der Waals surface area contributed by atoms with Crippen LogP contribution in [-0.4, -0.2) is 37.7 Å². The minimum absolute atomic E-state index is 0.0134. The number of nitrogens with zero attached hydrogens (tertiary/aromatic N) is 1. The van der Waals surface area contributed by atoms with E-state index >= 15 is 0 Å². The van der Waals surface area contributed by atoms with E-state index in [-0.39, 0.29) is 18.6 Å². The van der Waals surface area contributed by atoms with E-state index in [4.69, 9.17) is 15.2 Å². The lowest BCUT2D eigenvalue weighted by atomic mass is 10.0. The summed E-state index contributed by atoms with van der Waals surface area (Å²) in [4.78, 5) is 13.5. The van der Waals surface area contributed by atoms with Crippen LogP contribution in [0.2, 0.25) is 0 Å². The van der Waals surface area contributed by atoms with Crippen LogP contribution < -0.4 is 10.5 Å². The SMILES string of the molecule is COc1ccc(C(C)N)cc1CN1CCOCC1=O. The van der Waals surface area contributed by atoms with Crippen LogP contribution in [0.4, 0.5) is 0 Å². The molecule has 1 aromatic carbocycles. The van der Waals surface area contributed by atoms with Gasteiger partial charge in [-0.05, 0) is 24.6 Å². The van der Waals surface area contributed by atoms with Gasteiger partial charge in [-0.1, -0.05) is 6.07 Å². The van der Waals surface area contributed by atoms with Crippen molar-refractivity contribution in [3.63, 3.8) is 0 Å². The zero-order valence-corrected chi connectivity index (χ0v) is 11.4. The Labute approximate surface area is 113 Å². The van der Waals surface area contributed by atoms with Gasteiger partial charge in [-0.3, -0.25) is 4.79 Å². The molecule has 104 valence electrons. The third kappa shape index (κ3) is 3.24. The number of ether oxygens (including phenoxy) is 2. The van der Waals surface area contributed by atoms with Crippen LogP contribution in [0, 0.1) is 0 Å². The van der Waals surface area contributed by atoms with Gasteiger partial charge in [0.25, 0.3) is 0 Å². The van der Waals surface area contributed by atoms with E-state index in [0.29, 0.717) is 19.7 Å². The summed E-state index contributed by atoms with van der Waals surface area (Å²) in [6, 6.07) is 5.82. The fraction of sp³-hybridized carbons (Fsp3) is 0.500. The Kier molecular flexibility index (Phi) is 4.39. The van der Waals surface area contributed by atoms with Gasteiger partial charge in [-0.25, -0.2) is 0 Å². The van der Waals surface area contributed by atoms with E-state index in [9.17, 15) is 4.79 Å². The van der Waals surface area contributed by atoms with Crippen molar-refractivity contribution < 1.29 is 14.3 Å².